The highest BCUT2D eigenvalue weighted by Gasteiger charge is 2.09. The van der Waals surface area contributed by atoms with Crippen molar-refractivity contribution < 1.29 is 9.84 Å². The van der Waals surface area contributed by atoms with Crippen LogP contribution in [0.15, 0.2) is 24.3 Å². The summed E-state index contributed by atoms with van der Waals surface area (Å²) in [7, 11) is 0. The standard InChI is InChI=1S/C14H22O2/c1-11(15)12-5-7-13(8-6-12)16-10-9-14(2,3)4/h5-8,11,15H,9-10H2,1-4H3/t11-/m0/s1. The zero-order valence-electron chi connectivity index (χ0n) is 10.7. The summed E-state index contributed by atoms with van der Waals surface area (Å²) in [6.45, 7) is 9.10. The average molecular weight is 222 g/mol. The molecule has 0 bridgehead atoms. The van der Waals surface area contributed by atoms with Gasteiger partial charge in [-0.15, -0.1) is 0 Å². The van der Waals surface area contributed by atoms with E-state index in [9.17, 15) is 5.11 Å². The fourth-order valence-electron chi connectivity index (χ4n) is 1.32. The first-order chi connectivity index (χ1) is 7.38. The largest absolute Gasteiger partial charge is 0.494 e. The fraction of sp³-hybridized carbons (Fsp3) is 0.571. The van der Waals surface area contributed by atoms with Crippen LogP contribution in [0.2, 0.25) is 0 Å². The Bertz CT molecular complexity index is 307. The minimum Gasteiger partial charge on any atom is -0.494 e. The van der Waals surface area contributed by atoms with Crippen molar-refractivity contribution >= 4 is 0 Å². The van der Waals surface area contributed by atoms with Crippen LogP contribution in [-0.4, -0.2) is 11.7 Å². The van der Waals surface area contributed by atoms with Gasteiger partial charge in [-0.2, -0.15) is 0 Å². The van der Waals surface area contributed by atoms with Crippen LogP contribution < -0.4 is 4.74 Å². The van der Waals surface area contributed by atoms with E-state index < -0.39 is 6.10 Å². The molecule has 90 valence electrons. The molecule has 2 heteroatoms. The topological polar surface area (TPSA) is 29.5 Å². The van der Waals surface area contributed by atoms with E-state index >= 15 is 0 Å². The Morgan fingerprint density at radius 2 is 1.75 bits per heavy atom. The van der Waals surface area contributed by atoms with Crippen molar-refractivity contribution in [1.82, 2.24) is 0 Å². The number of aliphatic hydroxyl groups excluding tert-OH is 1. The summed E-state index contributed by atoms with van der Waals surface area (Å²) in [6, 6.07) is 7.61. The van der Waals surface area contributed by atoms with Crippen molar-refractivity contribution in [3.05, 3.63) is 29.8 Å². The summed E-state index contributed by atoms with van der Waals surface area (Å²) in [4.78, 5) is 0. The third-order valence-electron chi connectivity index (χ3n) is 2.48. The summed E-state index contributed by atoms with van der Waals surface area (Å²) < 4.78 is 5.64. The zero-order valence-corrected chi connectivity index (χ0v) is 10.7. The van der Waals surface area contributed by atoms with E-state index in [4.69, 9.17) is 4.74 Å². The van der Waals surface area contributed by atoms with E-state index in [1.807, 2.05) is 24.3 Å². The Hall–Kier alpha value is -1.02. The first-order valence-electron chi connectivity index (χ1n) is 5.79. The van der Waals surface area contributed by atoms with E-state index in [2.05, 4.69) is 20.8 Å². The molecule has 1 N–H and O–H groups in total. The molecule has 2 nitrogen and oxygen atoms in total. The SMILES string of the molecule is C[C@H](O)c1ccc(OCCC(C)(C)C)cc1. The lowest BCUT2D eigenvalue weighted by molar-refractivity contribution is 0.199. The quantitative estimate of drug-likeness (QED) is 0.844. The smallest absolute Gasteiger partial charge is 0.119 e. The van der Waals surface area contributed by atoms with Gasteiger partial charge in [0, 0.05) is 0 Å². The monoisotopic (exact) mass is 222 g/mol. The van der Waals surface area contributed by atoms with Crippen LogP contribution in [0, 0.1) is 5.41 Å². The van der Waals surface area contributed by atoms with Crippen molar-refractivity contribution in [3.63, 3.8) is 0 Å². The molecule has 0 aromatic heterocycles. The Kier molecular flexibility index (Phi) is 4.36. The number of ether oxygens (including phenoxy) is 1. The first kappa shape index (κ1) is 13.0. The number of hydrogen-bond acceptors (Lipinski definition) is 2. The van der Waals surface area contributed by atoms with Gasteiger partial charge in [0.25, 0.3) is 0 Å². The van der Waals surface area contributed by atoms with Gasteiger partial charge in [-0.1, -0.05) is 32.9 Å². The molecule has 1 aromatic carbocycles. The van der Waals surface area contributed by atoms with Gasteiger partial charge in [-0.25, -0.2) is 0 Å². The minimum atomic E-state index is -0.413. The van der Waals surface area contributed by atoms with E-state index in [-0.39, 0.29) is 0 Å². The second kappa shape index (κ2) is 5.35. The summed E-state index contributed by atoms with van der Waals surface area (Å²) >= 11 is 0. The first-order valence-corrected chi connectivity index (χ1v) is 5.79. The molecule has 0 amide bonds. The fourth-order valence-corrected chi connectivity index (χ4v) is 1.32. The normalized spacial score (nSPS) is 13.6. The summed E-state index contributed by atoms with van der Waals surface area (Å²) in [5.41, 5.74) is 1.22. The summed E-state index contributed by atoms with van der Waals surface area (Å²) in [5, 5.41) is 9.36. The molecular formula is C14H22O2. The molecule has 0 aliphatic carbocycles. The molecule has 1 rings (SSSR count). The van der Waals surface area contributed by atoms with Crippen LogP contribution in [0.5, 0.6) is 5.75 Å². The molecule has 0 fully saturated rings. The van der Waals surface area contributed by atoms with Crippen molar-refractivity contribution in [2.75, 3.05) is 6.61 Å². The van der Waals surface area contributed by atoms with E-state index in [0.717, 1.165) is 24.3 Å². The summed E-state index contributed by atoms with van der Waals surface area (Å²) in [6.07, 6.45) is 0.620. The molecule has 0 saturated heterocycles. The second-order valence-electron chi connectivity index (χ2n) is 5.40. The second-order valence-corrected chi connectivity index (χ2v) is 5.40. The van der Waals surface area contributed by atoms with Crippen LogP contribution in [0.4, 0.5) is 0 Å². The zero-order chi connectivity index (χ0) is 12.2. The lowest BCUT2D eigenvalue weighted by Gasteiger charge is -2.18. The highest BCUT2D eigenvalue weighted by atomic mass is 16.5. The van der Waals surface area contributed by atoms with Crippen molar-refractivity contribution in [1.29, 1.82) is 0 Å². The molecule has 0 heterocycles. The van der Waals surface area contributed by atoms with Crippen LogP contribution in [-0.2, 0) is 0 Å². The Morgan fingerprint density at radius 3 is 2.19 bits per heavy atom. The summed E-state index contributed by atoms with van der Waals surface area (Å²) in [5.74, 6) is 0.869. The molecule has 0 spiro atoms. The molecule has 16 heavy (non-hydrogen) atoms. The van der Waals surface area contributed by atoms with Gasteiger partial charge in [-0.3, -0.25) is 0 Å². The molecule has 0 unspecified atom stereocenters. The maximum atomic E-state index is 9.36. The Morgan fingerprint density at radius 1 is 1.19 bits per heavy atom. The number of aliphatic hydroxyl groups is 1. The third-order valence-corrected chi connectivity index (χ3v) is 2.48. The van der Waals surface area contributed by atoms with E-state index in [1.165, 1.54) is 0 Å². The van der Waals surface area contributed by atoms with Gasteiger partial charge in [0.05, 0.1) is 12.7 Å². The molecule has 0 radical (unpaired) electrons. The third kappa shape index (κ3) is 4.67. The highest BCUT2D eigenvalue weighted by molar-refractivity contribution is 5.28. The number of benzene rings is 1. The lowest BCUT2D eigenvalue weighted by atomic mass is 9.93. The molecule has 0 saturated carbocycles. The van der Waals surface area contributed by atoms with Gasteiger partial charge in [0.2, 0.25) is 0 Å². The van der Waals surface area contributed by atoms with Crippen LogP contribution in [0.3, 0.4) is 0 Å². The van der Waals surface area contributed by atoms with E-state index in [0.29, 0.717) is 5.41 Å². The van der Waals surface area contributed by atoms with Crippen LogP contribution >= 0.6 is 0 Å². The lowest BCUT2D eigenvalue weighted by Crippen LogP contribution is -2.11. The van der Waals surface area contributed by atoms with Crippen LogP contribution in [0.25, 0.3) is 0 Å². The molecular weight excluding hydrogens is 200 g/mol. The minimum absolute atomic E-state index is 0.305. The van der Waals surface area contributed by atoms with Gasteiger partial charge in [0.15, 0.2) is 0 Å². The van der Waals surface area contributed by atoms with Gasteiger partial charge in [-0.05, 0) is 36.5 Å². The van der Waals surface area contributed by atoms with Gasteiger partial charge >= 0.3 is 0 Å². The van der Waals surface area contributed by atoms with Crippen molar-refractivity contribution in [2.45, 2.75) is 40.2 Å². The van der Waals surface area contributed by atoms with Crippen molar-refractivity contribution in [3.8, 4) is 5.75 Å². The van der Waals surface area contributed by atoms with Gasteiger partial charge in [0.1, 0.15) is 5.75 Å². The predicted octanol–water partition coefficient (Wildman–Crippen LogP) is 3.55. The molecule has 0 aliphatic heterocycles. The number of rotatable bonds is 4. The molecule has 1 atom stereocenters. The maximum Gasteiger partial charge on any atom is 0.119 e. The average Bonchev–Trinajstić information content (AvgIpc) is 2.16. The number of hydrogen-bond donors (Lipinski definition) is 1. The van der Waals surface area contributed by atoms with Crippen LogP contribution in [0.1, 0.15) is 45.8 Å². The molecule has 0 aliphatic rings. The van der Waals surface area contributed by atoms with Gasteiger partial charge < -0.3 is 9.84 Å². The Labute approximate surface area is 98.3 Å². The van der Waals surface area contributed by atoms with Crippen molar-refractivity contribution in [2.24, 2.45) is 5.41 Å². The molecule has 1 aromatic rings. The highest BCUT2D eigenvalue weighted by Crippen LogP contribution is 2.21. The Balaban J connectivity index is 2.44. The van der Waals surface area contributed by atoms with E-state index in [1.54, 1.807) is 6.92 Å². The maximum absolute atomic E-state index is 9.36. The predicted molar refractivity (Wildman–Crippen MR) is 66.6 cm³/mol.